The Labute approximate surface area is 75.0 Å². The van der Waals surface area contributed by atoms with Crippen LogP contribution in [0.5, 0.6) is 0 Å². The van der Waals surface area contributed by atoms with Crippen molar-refractivity contribution >= 4 is 21.7 Å². The molecule has 11 heavy (non-hydrogen) atoms. The van der Waals surface area contributed by atoms with Crippen LogP contribution in [0.2, 0.25) is 0 Å². The molecular formula is C8H11BrN2. The van der Waals surface area contributed by atoms with E-state index in [0.29, 0.717) is 5.82 Å². The number of nitrogens with two attached hydrogens (primary N) is 1. The Bertz CT molecular complexity index is 248. The number of halogens is 1. The maximum atomic E-state index is 5.59. The Hall–Kier alpha value is -0.570. The zero-order chi connectivity index (χ0) is 8.27. The molecular weight excluding hydrogens is 204 g/mol. The quantitative estimate of drug-likeness (QED) is 0.822. The van der Waals surface area contributed by atoms with Crippen LogP contribution in [0.4, 0.5) is 5.82 Å². The van der Waals surface area contributed by atoms with Crippen LogP contribution in [-0.4, -0.2) is 4.98 Å². The summed E-state index contributed by atoms with van der Waals surface area (Å²) in [5.41, 5.74) is 6.66. The third kappa shape index (κ3) is 2.19. The van der Waals surface area contributed by atoms with Crippen molar-refractivity contribution in [3.05, 3.63) is 22.3 Å². The lowest BCUT2D eigenvalue weighted by Crippen LogP contribution is -1.95. The van der Waals surface area contributed by atoms with Gasteiger partial charge in [-0.25, -0.2) is 4.98 Å². The fourth-order valence-electron chi connectivity index (χ4n) is 0.895. The highest BCUT2D eigenvalue weighted by Crippen LogP contribution is 2.16. The van der Waals surface area contributed by atoms with Crippen molar-refractivity contribution in [2.24, 2.45) is 0 Å². The summed E-state index contributed by atoms with van der Waals surface area (Å²) in [5.74, 6) is 0.580. The minimum atomic E-state index is 0.580. The van der Waals surface area contributed by atoms with E-state index in [9.17, 15) is 0 Å². The molecule has 2 N–H and O–H groups in total. The number of pyridine rings is 1. The minimum absolute atomic E-state index is 0.580. The second kappa shape index (κ2) is 3.72. The summed E-state index contributed by atoms with van der Waals surface area (Å²) in [7, 11) is 0. The third-order valence-electron chi connectivity index (χ3n) is 1.44. The fourth-order valence-corrected chi connectivity index (χ4v) is 1.12. The van der Waals surface area contributed by atoms with Crippen molar-refractivity contribution in [2.75, 3.05) is 5.73 Å². The summed E-state index contributed by atoms with van der Waals surface area (Å²) >= 11 is 3.29. The van der Waals surface area contributed by atoms with Gasteiger partial charge in [0.25, 0.3) is 0 Å². The van der Waals surface area contributed by atoms with E-state index in [2.05, 4.69) is 27.8 Å². The monoisotopic (exact) mass is 214 g/mol. The first-order chi connectivity index (χ1) is 5.24. The zero-order valence-electron chi connectivity index (χ0n) is 6.47. The lowest BCUT2D eigenvalue weighted by atomic mass is 10.2. The summed E-state index contributed by atoms with van der Waals surface area (Å²) in [6.07, 6.45) is 2.10. The van der Waals surface area contributed by atoms with E-state index in [0.717, 1.165) is 23.0 Å². The number of hydrogen-bond acceptors (Lipinski definition) is 2. The largest absolute Gasteiger partial charge is 0.383 e. The molecule has 0 aliphatic carbocycles. The van der Waals surface area contributed by atoms with Gasteiger partial charge in [-0.05, 0) is 34.5 Å². The number of nitrogens with zero attached hydrogens (tertiary/aromatic N) is 1. The van der Waals surface area contributed by atoms with E-state index in [1.165, 1.54) is 0 Å². The first-order valence-electron chi connectivity index (χ1n) is 3.65. The van der Waals surface area contributed by atoms with Gasteiger partial charge in [0.2, 0.25) is 0 Å². The molecule has 0 atom stereocenters. The number of aromatic nitrogens is 1. The van der Waals surface area contributed by atoms with Gasteiger partial charge in [0.15, 0.2) is 0 Å². The normalized spacial score (nSPS) is 10.0. The number of hydrogen-bond donors (Lipinski definition) is 1. The van der Waals surface area contributed by atoms with Crippen LogP contribution in [-0.2, 0) is 6.42 Å². The number of nitrogen functional groups attached to an aromatic ring is 1. The molecule has 0 spiro atoms. The maximum absolute atomic E-state index is 5.59. The van der Waals surface area contributed by atoms with Crippen molar-refractivity contribution < 1.29 is 0 Å². The fraction of sp³-hybridized carbons (Fsp3) is 0.375. The second-order valence-electron chi connectivity index (χ2n) is 2.42. The van der Waals surface area contributed by atoms with Crippen LogP contribution < -0.4 is 5.73 Å². The molecule has 0 aliphatic heterocycles. The van der Waals surface area contributed by atoms with Gasteiger partial charge in [-0.15, -0.1) is 0 Å². The van der Waals surface area contributed by atoms with Crippen molar-refractivity contribution in [1.82, 2.24) is 4.98 Å². The molecule has 0 saturated carbocycles. The molecule has 1 aromatic heterocycles. The molecule has 0 unspecified atom stereocenters. The Balaban J connectivity index is 2.86. The van der Waals surface area contributed by atoms with Crippen molar-refractivity contribution in [3.8, 4) is 0 Å². The predicted molar refractivity (Wildman–Crippen MR) is 50.3 cm³/mol. The van der Waals surface area contributed by atoms with Crippen LogP contribution >= 0.6 is 15.9 Å². The van der Waals surface area contributed by atoms with Crippen molar-refractivity contribution in [2.45, 2.75) is 19.8 Å². The molecule has 3 heteroatoms. The molecule has 0 bridgehead atoms. The lowest BCUT2D eigenvalue weighted by Gasteiger charge is -2.00. The third-order valence-corrected chi connectivity index (χ3v) is 2.11. The molecule has 0 aliphatic rings. The number of anilines is 1. The average Bonchev–Trinajstić information content (AvgIpc) is 1.98. The zero-order valence-corrected chi connectivity index (χ0v) is 8.06. The molecule has 1 rings (SSSR count). The lowest BCUT2D eigenvalue weighted by molar-refractivity contribution is 0.884. The molecule has 2 nitrogen and oxygen atoms in total. The molecule has 0 aromatic carbocycles. The first kappa shape index (κ1) is 8.53. The standard InChI is InChI=1S/C8H11BrN2/c1-2-3-6-4-5-7(9)8(10)11-6/h4-5H,2-3H2,1H3,(H2,10,11). The molecule has 0 amide bonds. The highest BCUT2D eigenvalue weighted by molar-refractivity contribution is 9.10. The summed E-state index contributed by atoms with van der Waals surface area (Å²) in [4.78, 5) is 4.19. The number of rotatable bonds is 2. The van der Waals surface area contributed by atoms with Crippen molar-refractivity contribution in [1.29, 1.82) is 0 Å². The van der Waals surface area contributed by atoms with E-state index in [1.54, 1.807) is 0 Å². The van der Waals surface area contributed by atoms with E-state index in [-0.39, 0.29) is 0 Å². The predicted octanol–water partition coefficient (Wildman–Crippen LogP) is 2.38. The smallest absolute Gasteiger partial charge is 0.138 e. The molecule has 1 aromatic rings. The Morgan fingerprint density at radius 3 is 2.82 bits per heavy atom. The van der Waals surface area contributed by atoms with Crippen molar-refractivity contribution in [3.63, 3.8) is 0 Å². The Kier molecular flexibility index (Phi) is 2.88. The maximum Gasteiger partial charge on any atom is 0.138 e. The molecule has 0 radical (unpaired) electrons. The van der Waals surface area contributed by atoms with Gasteiger partial charge in [0.05, 0.1) is 4.47 Å². The van der Waals surface area contributed by atoms with E-state index >= 15 is 0 Å². The summed E-state index contributed by atoms with van der Waals surface area (Å²) < 4.78 is 0.873. The summed E-state index contributed by atoms with van der Waals surface area (Å²) in [6.45, 7) is 2.12. The first-order valence-corrected chi connectivity index (χ1v) is 4.44. The van der Waals surface area contributed by atoms with Gasteiger partial charge < -0.3 is 5.73 Å². The van der Waals surface area contributed by atoms with Gasteiger partial charge in [-0.3, -0.25) is 0 Å². The summed E-state index contributed by atoms with van der Waals surface area (Å²) in [5, 5.41) is 0. The van der Waals surface area contributed by atoms with Crippen LogP contribution in [0.1, 0.15) is 19.0 Å². The average molecular weight is 215 g/mol. The van der Waals surface area contributed by atoms with E-state index in [1.807, 2.05) is 12.1 Å². The van der Waals surface area contributed by atoms with Crippen LogP contribution in [0.25, 0.3) is 0 Å². The van der Waals surface area contributed by atoms with E-state index in [4.69, 9.17) is 5.73 Å². The van der Waals surface area contributed by atoms with Gasteiger partial charge >= 0.3 is 0 Å². The number of aryl methyl sites for hydroxylation is 1. The van der Waals surface area contributed by atoms with Gasteiger partial charge in [0, 0.05) is 5.69 Å². The van der Waals surface area contributed by atoms with Crippen LogP contribution in [0, 0.1) is 0 Å². The van der Waals surface area contributed by atoms with Gasteiger partial charge in [-0.1, -0.05) is 13.3 Å². The molecule has 0 fully saturated rings. The second-order valence-corrected chi connectivity index (χ2v) is 3.27. The highest BCUT2D eigenvalue weighted by Gasteiger charge is 1.97. The summed E-state index contributed by atoms with van der Waals surface area (Å²) in [6, 6.07) is 3.93. The van der Waals surface area contributed by atoms with E-state index < -0.39 is 0 Å². The Morgan fingerprint density at radius 2 is 2.27 bits per heavy atom. The Morgan fingerprint density at radius 1 is 1.55 bits per heavy atom. The molecule has 1 heterocycles. The van der Waals surface area contributed by atoms with Crippen LogP contribution in [0.3, 0.4) is 0 Å². The topological polar surface area (TPSA) is 38.9 Å². The molecule has 0 saturated heterocycles. The van der Waals surface area contributed by atoms with Gasteiger partial charge in [0.1, 0.15) is 5.82 Å². The molecule has 60 valence electrons. The highest BCUT2D eigenvalue weighted by atomic mass is 79.9. The van der Waals surface area contributed by atoms with Gasteiger partial charge in [-0.2, -0.15) is 0 Å². The minimum Gasteiger partial charge on any atom is -0.383 e. The SMILES string of the molecule is CCCc1ccc(Br)c(N)n1. The van der Waals surface area contributed by atoms with Crippen LogP contribution in [0.15, 0.2) is 16.6 Å².